The highest BCUT2D eigenvalue weighted by Gasteiger charge is 2.43. The fraction of sp³-hybridized carbons (Fsp3) is 0.200. The summed E-state index contributed by atoms with van der Waals surface area (Å²) in [5.74, 6) is -2.18. The highest BCUT2D eigenvalue weighted by molar-refractivity contribution is 6.40. The molecule has 2 N–H and O–H groups in total. The summed E-state index contributed by atoms with van der Waals surface area (Å²) in [6, 6.07) is 35.0. The second kappa shape index (κ2) is 15.2. The van der Waals surface area contributed by atoms with E-state index >= 15 is 0 Å². The molecule has 5 aromatic rings. The SMILES string of the molecule is CN1CCc2c(cc(Cl)c(C(=O)O)c2Cl)C1.O=C(O)c1c(Cl)cc2c(c1Cl)CCN(C(c1ccccc1)(c1ccccc1)c1ccccc1)C2. The third-order valence-electron chi connectivity index (χ3n) is 9.48. The van der Waals surface area contributed by atoms with Gasteiger partial charge in [0.1, 0.15) is 0 Å². The highest BCUT2D eigenvalue weighted by Crippen LogP contribution is 2.46. The van der Waals surface area contributed by atoms with Gasteiger partial charge in [0.25, 0.3) is 0 Å². The maximum absolute atomic E-state index is 11.7. The third kappa shape index (κ3) is 6.76. The summed E-state index contributed by atoms with van der Waals surface area (Å²) in [5, 5.41) is 19.5. The van der Waals surface area contributed by atoms with Crippen LogP contribution >= 0.6 is 46.4 Å². The lowest BCUT2D eigenvalue weighted by Gasteiger charge is -2.47. The van der Waals surface area contributed by atoms with Crippen LogP contribution < -0.4 is 0 Å². The number of hydrogen-bond donors (Lipinski definition) is 2. The minimum atomic E-state index is -1.10. The number of carbonyl (C=O) groups is 2. The van der Waals surface area contributed by atoms with Gasteiger partial charge in [0.2, 0.25) is 0 Å². The van der Waals surface area contributed by atoms with E-state index in [1.54, 1.807) is 12.1 Å². The third-order valence-corrected chi connectivity index (χ3v) is 10.9. The Hall–Kier alpha value is -3.88. The van der Waals surface area contributed by atoms with E-state index in [9.17, 15) is 14.7 Å². The molecular weight excluding hydrogens is 714 g/mol. The van der Waals surface area contributed by atoms with E-state index in [0.29, 0.717) is 24.5 Å². The number of carboxylic acid groups (broad SMARTS) is 2. The molecule has 50 heavy (non-hydrogen) atoms. The van der Waals surface area contributed by atoms with E-state index in [4.69, 9.17) is 51.5 Å². The first-order valence-corrected chi connectivity index (χ1v) is 17.6. The molecule has 2 aliphatic heterocycles. The molecule has 2 heterocycles. The number of carboxylic acids is 2. The lowest BCUT2D eigenvalue weighted by atomic mass is 9.74. The summed E-state index contributed by atoms with van der Waals surface area (Å²) in [6.45, 7) is 2.92. The molecule has 7 rings (SSSR count). The molecular formula is C40H34Cl4N2O4. The summed E-state index contributed by atoms with van der Waals surface area (Å²) in [4.78, 5) is 27.3. The van der Waals surface area contributed by atoms with Gasteiger partial charge in [-0.1, -0.05) is 137 Å². The monoisotopic (exact) mass is 746 g/mol. The zero-order valence-corrected chi connectivity index (χ0v) is 30.2. The smallest absolute Gasteiger partial charge is 0.338 e. The van der Waals surface area contributed by atoms with Gasteiger partial charge in [0.15, 0.2) is 0 Å². The lowest BCUT2D eigenvalue weighted by Crippen LogP contribution is -2.50. The van der Waals surface area contributed by atoms with Crippen LogP contribution in [0, 0.1) is 0 Å². The Kier molecular flexibility index (Phi) is 10.9. The molecule has 5 aromatic carbocycles. The molecule has 0 spiro atoms. The first-order valence-electron chi connectivity index (χ1n) is 16.1. The Morgan fingerprint density at radius 2 is 0.980 bits per heavy atom. The molecule has 0 bridgehead atoms. The van der Waals surface area contributed by atoms with Crippen molar-refractivity contribution in [3.05, 3.63) is 173 Å². The molecule has 0 unspecified atom stereocenters. The zero-order valence-electron chi connectivity index (χ0n) is 27.2. The molecule has 10 heteroatoms. The van der Waals surface area contributed by atoms with Crippen LogP contribution in [0.25, 0.3) is 0 Å². The van der Waals surface area contributed by atoms with Crippen molar-refractivity contribution >= 4 is 58.3 Å². The van der Waals surface area contributed by atoms with Gasteiger partial charge < -0.3 is 15.1 Å². The number of halogens is 4. The first-order chi connectivity index (χ1) is 24.0. The molecule has 0 amide bonds. The largest absolute Gasteiger partial charge is 0.478 e. The van der Waals surface area contributed by atoms with Crippen molar-refractivity contribution in [3.8, 4) is 0 Å². The van der Waals surface area contributed by atoms with Gasteiger partial charge in [-0.15, -0.1) is 0 Å². The van der Waals surface area contributed by atoms with Gasteiger partial charge in [-0.25, -0.2) is 9.59 Å². The highest BCUT2D eigenvalue weighted by atomic mass is 35.5. The summed E-state index contributed by atoms with van der Waals surface area (Å²) in [6.07, 6.45) is 1.39. The Morgan fingerprint density at radius 3 is 1.38 bits per heavy atom. The molecule has 0 saturated heterocycles. The van der Waals surface area contributed by atoms with Gasteiger partial charge in [-0.2, -0.15) is 0 Å². The average Bonchev–Trinajstić information content (AvgIpc) is 3.10. The molecule has 0 fully saturated rings. The quantitative estimate of drug-likeness (QED) is 0.169. The normalized spacial score (nSPS) is 14.6. The fourth-order valence-corrected chi connectivity index (χ4v) is 8.72. The van der Waals surface area contributed by atoms with Crippen LogP contribution in [0.1, 0.15) is 59.7 Å². The van der Waals surface area contributed by atoms with Crippen LogP contribution in [-0.2, 0) is 31.5 Å². The van der Waals surface area contributed by atoms with Crippen molar-refractivity contribution in [3.63, 3.8) is 0 Å². The Labute approximate surface area is 311 Å². The molecule has 0 aromatic heterocycles. The predicted octanol–water partition coefficient (Wildman–Crippen LogP) is 9.72. The summed E-state index contributed by atoms with van der Waals surface area (Å²) in [5.41, 5.74) is 6.70. The van der Waals surface area contributed by atoms with Crippen LogP contribution in [0.5, 0.6) is 0 Å². The molecule has 0 radical (unpaired) electrons. The lowest BCUT2D eigenvalue weighted by molar-refractivity contribution is 0.0686. The van der Waals surface area contributed by atoms with Crippen molar-refractivity contribution < 1.29 is 19.8 Å². The number of hydrogen-bond acceptors (Lipinski definition) is 4. The molecule has 2 aliphatic rings. The van der Waals surface area contributed by atoms with Gasteiger partial charge in [0.05, 0.1) is 36.8 Å². The number of aromatic carboxylic acids is 2. The van der Waals surface area contributed by atoms with Gasteiger partial charge in [-0.05, 0) is 71.0 Å². The average molecular weight is 749 g/mol. The van der Waals surface area contributed by atoms with Crippen LogP contribution in [0.2, 0.25) is 20.1 Å². The summed E-state index contributed by atoms with van der Waals surface area (Å²) >= 11 is 25.0. The predicted molar refractivity (Wildman–Crippen MR) is 200 cm³/mol. The maximum atomic E-state index is 11.7. The molecule has 0 aliphatic carbocycles. The topological polar surface area (TPSA) is 81.1 Å². The molecule has 6 nitrogen and oxygen atoms in total. The fourth-order valence-electron chi connectivity index (χ4n) is 7.21. The van der Waals surface area contributed by atoms with Crippen LogP contribution in [0.15, 0.2) is 103 Å². The van der Waals surface area contributed by atoms with Gasteiger partial charge in [-0.3, -0.25) is 4.90 Å². The number of rotatable bonds is 6. The first kappa shape index (κ1) is 35.9. The summed E-state index contributed by atoms with van der Waals surface area (Å²) in [7, 11) is 2.01. The number of fused-ring (bicyclic) bond motifs is 2. The minimum Gasteiger partial charge on any atom is -0.478 e. The Balaban J connectivity index is 0.000000226. The second-order valence-corrected chi connectivity index (χ2v) is 14.0. The van der Waals surface area contributed by atoms with Crippen LogP contribution in [0.3, 0.4) is 0 Å². The van der Waals surface area contributed by atoms with Gasteiger partial charge >= 0.3 is 11.9 Å². The number of likely N-dealkylation sites (N-methyl/N-ethyl adjacent to an activating group) is 1. The van der Waals surface area contributed by atoms with E-state index in [1.165, 1.54) is 0 Å². The van der Waals surface area contributed by atoms with Gasteiger partial charge in [0, 0.05) is 26.2 Å². The van der Waals surface area contributed by atoms with Crippen molar-refractivity contribution in [1.29, 1.82) is 0 Å². The molecule has 256 valence electrons. The van der Waals surface area contributed by atoms with E-state index in [2.05, 4.69) is 82.6 Å². The Bertz CT molecular complexity index is 1950. The van der Waals surface area contributed by atoms with E-state index in [-0.39, 0.29) is 26.2 Å². The minimum absolute atomic E-state index is 0.0176. The van der Waals surface area contributed by atoms with Crippen molar-refractivity contribution in [2.24, 2.45) is 0 Å². The van der Waals surface area contributed by atoms with Crippen molar-refractivity contribution in [2.75, 3.05) is 20.1 Å². The van der Waals surface area contributed by atoms with Crippen molar-refractivity contribution in [1.82, 2.24) is 9.80 Å². The zero-order chi connectivity index (χ0) is 35.6. The molecule has 0 atom stereocenters. The van der Waals surface area contributed by atoms with Crippen LogP contribution in [-0.4, -0.2) is 52.1 Å². The van der Waals surface area contributed by atoms with Crippen molar-refractivity contribution in [2.45, 2.75) is 31.5 Å². The number of benzene rings is 5. The van der Waals surface area contributed by atoms with Crippen LogP contribution in [0.4, 0.5) is 0 Å². The molecule has 0 saturated carbocycles. The van der Waals surface area contributed by atoms with E-state index < -0.39 is 17.5 Å². The maximum Gasteiger partial charge on any atom is 0.338 e. The second-order valence-electron chi connectivity index (χ2n) is 12.4. The Morgan fingerprint density at radius 1 is 0.600 bits per heavy atom. The summed E-state index contributed by atoms with van der Waals surface area (Å²) < 4.78 is 0. The van der Waals surface area contributed by atoms with E-state index in [1.807, 2.05) is 25.2 Å². The number of nitrogens with zero attached hydrogens (tertiary/aromatic N) is 2. The van der Waals surface area contributed by atoms with E-state index in [0.717, 1.165) is 58.5 Å². The standard InChI is InChI=1S/C29H23Cl2NO2.C11H11Cl2NO2/c30-25-18-20-19-32(17-16-24(20)27(31)26(25)28(33)34)29(21-10-4-1-5-11-21,22-12-6-2-7-13-22)23-14-8-3-9-15-23;1-14-3-2-7-6(5-14)4-8(12)9(10(7)13)11(15)16/h1-15,18H,16-17,19H2,(H,33,34);4H,2-3,5H2,1H3,(H,15,16).